The van der Waals surface area contributed by atoms with Crippen molar-refractivity contribution in [3.8, 4) is 23.0 Å². The molecule has 44 heavy (non-hydrogen) atoms. The van der Waals surface area contributed by atoms with Crippen molar-refractivity contribution in [3.05, 3.63) is 102 Å². The second kappa shape index (κ2) is 13.0. The number of methoxy groups -OCH3 is 4. The van der Waals surface area contributed by atoms with E-state index in [0.29, 0.717) is 58.0 Å². The molecular formula is C32H32N6O6. The lowest BCUT2D eigenvalue weighted by atomic mass is 10.1. The average molecular weight is 597 g/mol. The molecule has 0 fully saturated rings. The van der Waals surface area contributed by atoms with E-state index in [-0.39, 0.29) is 11.8 Å². The monoisotopic (exact) mass is 596 g/mol. The van der Waals surface area contributed by atoms with Crippen molar-refractivity contribution in [1.82, 2.24) is 5.01 Å². The number of rotatable bonds is 10. The molecule has 0 spiro atoms. The normalized spacial score (nSPS) is 12.3. The van der Waals surface area contributed by atoms with Crippen LogP contribution < -0.4 is 40.4 Å². The Bertz CT molecular complexity index is 1690. The van der Waals surface area contributed by atoms with Crippen LogP contribution in [0.5, 0.6) is 23.0 Å². The average Bonchev–Trinajstić information content (AvgIpc) is 3.45. The third-order valence-electron chi connectivity index (χ3n) is 6.89. The summed E-state index contributed by atoms with van der Waals surface area (Å²) in [5.41, 5.74) is 3.44. The van der Waals surface area contributed by atoms with E-state index in [1.165, 1.54) is 33.4 Å². The Kier molecular flexibility index (Phi) is 8.82. The molecule has 4 N–H and O–H groups in total. The lowest BCUT2D eigenvalue weighted by Crippen LogP contribution is -2.37. The van der Waals surface area contributed by atoms with Crippen LogP contribution in [0.4, 0.5) is 17.1 Å². The summed E-state index contributed by atoms with van der Waals surface area (Å²) in [6, 6.07) is 24.7. The third kappa shape index (κ3) is 6.05. The molecule has 0 saturated heterocycles. The highest BCUT2D eigenvalue weighted by molar-refractivity contribution is 6.08. The molecule has 0 unspecified atom stereocenters. The van der Waals surface area contributed by atoms with Gasteiger partial charge < -0.3 is 29.6 Å². The Morgan fingerprint density at radius 3 is 1.61 bits per heavy atom. The number of ether oxygens (including phenoxy) is 4. The molecule has 0 radical (unpaired) electrons. The zero-order chi connectivity index (χ0) is 31.2. The van der Waals surface area contributed by atoms with Crippen molar-refractivity contribution in [2.75, 3.05) is 50.8 Å². The number of nitrogens with zero attached hydrogens (tertiary/aromatic N) is 3. The number of carbonyl (C=O) groups is 2. The van der Waals surface area contributed by atoms with E-state index in [2.05, 4.69) is 15.7 Å². The van der Waals surface area contributed by atoms with Crippen molar-refractivity contribution < 1.29 is 28.5 Å². The third-order valence-corrected chi connectivity index (χ3v) is 6.89. The first-order valence-corrected chi connectivity index (χ1v) is 13.5. The lowest BCUT2D eigenvalue weighted by Gasteiger charge is -2.17. The summed E-state index contributed by atoms with van der Waals surface area (Å²) < 4.78 is 21.3. The molecule has 12 nitrogen and oxygen atoms in total. The molecule has 226 valence electrons. The molecule has 1 aliphatic rings. The first-order chi connectivity index (χ1) is 21.4. The smallest absolute Gasteiger partial charge is 0.259 e. The quantitative estimate of drug-likeness (QED) is 0.225. The number of hydrogen-bond acceptors (Lipinski definition) is 10. The van der Waals surface area contributed by atoms with Crippen LogP contribution >= 0.6 is 0 Å². The van der Waals surface area contributed by atoms with E-state index in [1.54, 1.807) is 65.7 Å². The summed E-state index contributed by atoms with van der Waals surface area (Å²) in [5.74, 6) is 7.84. The van der Waals surface area contributed by atoms with E-state index in [0.717, 1.165) is 11.3 Å². The van der Waals surface area contributed by atoms with Crippen LogP contribution in [0.3, 0.4) is 0 Å². The van der Waals surface area contributed by atoms with Crippen molar-refractivity contribution in [3.63, 3.8) is 0 Å². The fourth-order valence-corrected chi connectivity index (χ4v) is 4.73. The molecule has 5 rings (SSSR count). The number of carbonyl (C=O) groups excluding carboxylic acids is 2. The van der Waals surface area contributed by atoms with Crippen molar-refractivity contribution in [2.45, 2.75) is 0 Å². The van der Waals surface area contributed by atoms with Gasteiger partial charge in [-0.05, 0) is 72.8 Å². The van der Waals surface area contributed by atoms with Crippen LogP contribution in [0.15, 0.2) is 90.0 Å². The lowest BCUT2D eigenvalue weighted by molar-refractivity contribution is 0.101. The van der Waals surface area contributed by atoms with Crippen LogP contribution in [-0.4, -0.2) is 57.8 Å². The van der Waals surface area contributed by atoms with E-state index in [4.69, 9.17) is 24.8 Å². The van der Waals surface area contributed by atoms with Crippen LogP contribution in [0.2, 0.25) is 0 Å². The van der Waals surface area contributed by atoms with Gasteiger partial charge in [-0.25, -0.2) is 10.9 Å². The Morgan fingerprint density at radius 1 is 0.682 bits per heavy atom. The van der Waals surface area contributed by atoms with Gasteiger partial charge in [0.2, 0.25) is 0 Å². The van der Waals surface area contributed by atoms with Crippen molar-refractivity contribution >= 4 is 34.7 Å². The maximum Gasteiger partial charge on any atom is 0.259 e. The van der Waals surface area contributed by atoms with Gasteiger partial charge in [-0.3, -0.25) is 14.6 Å². The Morgan fingerprint density at radius 2 is 1.16 bits per heavy atom. The fraction of sp³-hybridized carbons (Fsp3) is 0.156. The first-order valence-electron chi connectivity index (χ1n) is 13.5. The molecular weight excluding hydrogens is 564 g/mol. The molecule has 0 saturated carbocycles. The minimum atomic E-state index is -0.333. The van der Waals surface area contributed by atoms with E-state index in [9.17, 15) is 9.59 Å². The number of nitrogens with two attached hydrogens (primary N) is 1. The summed E-state index contributed by atoms with van der Waals surface area (Å²) >= 11 is 0. The molecule has 1 heterocycles. The molecule has 0 bridgehead atoms. The highest BCUT2D eigenvalue weighted by Gasteiger charge is 2.24. The Balaban J connectivity index is 1.25. The van der Waals surface area contributed by atoms with E-state index >= 15 is 0 Å². The number of hydrogen-bond donors (Lipinski definition) is 3. The number of hydrazone groups is 1. The van der Waals surface area contributed by atoms with Crippen LogP contribution in [-0.2, 0) is 0 Å². The summed E-state index contributed by atoms with van der Waals surface area (Å²) in [6.07, 6.45) is 0. The number of amides is 2. The topological polar surface area (TPSA) is 140 Å². The minimum Gasteiger partial charge on any atom is -0.493 e. The molecule has 0 aromatic heterocycles. The number of anilines is 3. The first kappa shape index (κ1) is 29.7. The molecule has 2 amide bonds. The molecule has 0 aliphatic carbocycles. The zero-order valence-electron chi connectivity index (χ0n) is 24.7. The minimum absolute atomic E-state index is 0.316. The molecule has 0 atom stereocenters. The largest absolute Gasteiger partial charge is 0.493 e. The molecule has 1 aliphatic heterocycles. The van der Waals surface area contributed by atoms with Crippen LogP contribution in [0.25, 0.3) is 0 Å². The Labute approximate surface area is 254 Å². The maximum absolute atomic E-state index is 12.9. The predicted octanol–water partition coefficient (Wildman–Crippen LogP) is 4.54. The van der Waals surface area contributed by atoms with Gasteiger partial charge >= 0.3 is 0 Å². The number of benzene rings is 4. The summed E-state index contributed by atoms with van der Waals surface area (Å²) in [6.45, 7) is 0.316. The number of nitrogens with one attached hydrogen (secondary N) is 2. The Hall–Kier alpha value is -5.75. The SMILES string of the molecule is COc1cccc(C(=O)Nc2ccc(C3=NN(c4ccc(NC(=O)c5cccc(OC)c5OC)cc4)CN3N)cc2)c1OC. The van der Waals surface area contributed by atoms with Gasteiger partial charge in [0.1, 0.15) is 6.67 Å². The molecule has 4 aromatic carbocycles. The van der Waals surface area contributed by atoms with Gasteiger partial charge in [0.25, 0.3) is 11.8 Å². The number of para-hydroxylation sites is 2. The van der Waals surface area contributed by atoms with Gasteiger partial charge in [-0.1, -0.05) is 12.1 Å². The predicted molar refractivity (Wildman–Crippen MR) is 168 cm³/mol. The van der Waals surface area contributed by atoms with Gasteiger partial charge in [0.05, 0.1) is 45.3 Å². The standard InChI is InChI=1S/C32H32N6O6/c1-41-26-9-5-7-24(28(26)43-3)31(39)34-21-13-11-20(12-14-21)30-36-38(19-37(30)33)23-17-15-22(16-18-23)35-32(40)25-8-6-10-27(42-2)29(25)44-4/h5-18H,19,33H2,1-4H3,(H,34,39)(H,35,40). The summed E-state index contributed by atoms with van der Waals surface area (Å²) in [5, 5.41) is 13.7. The number of amidine groups is 1. The van der Waals surface area contributed by atoms with Crippen LogP contribution in [0.1, 0.15) is 26.3 Å². The second-order valence-electron chi connectivity index (χ2n) is 9.55. The molecule has 4 aromatic rings. The number of hydrazine groups is 1. The van der Waals surface area contributed by atoms with Crippen molar-refractivity contribution in [1.29, 1.82) is 0 Å². The highest BCUT2D eigenvalue weighted by Crippen LogP contribution is 2.32. The highest BCUT2D eigenvalue weighted by atomic mass is 16.5. The van der Waals surface area contributed by atoms with Gasteiger partial charge in [-0.15, -0.1) is 0 Å². The summed E-state index contributed by atoms with van der Waals surface area (Å²) in [4.78, 5) is 25.8. The van der Waals surface area contributed by atoms with Gasteiger partial charge in [0.15, 0.2) is 28.8 Å². The van der Waals surface area contributed by atoms with E-state index < -0.39 is 0 Å². The van der Waals surface area contributed by atoms with Gasteiger partial charge in [0, 0.05) is 16.9 Å². The van der Waals surface area contributed by atoms with E-state index in [1.807, 2.05) is 24.3 Å². The van der Waals surface area contributed by atoms with Crippen molar-refractivity contribution in [2.24, 2.45) is 10.9 Å². The fourth-order valence-electron chi connectivity index (χ4n) is 4.73. The second-order valence-corrected chi connectivity index (χ2v) is 9.55. The summed E-state index contributed by atoms with van der Waals surface area (Å²) in [7, 11) is 6.01. The molecule has 12 heteroatoms. The maximum atomic E-state index is 12.9. The van der Waals surface area contributed by atoms with Gasteiger partial charge in [-0.2, -0.15) is 5.10 Å². The van der Waals surface area contributed by atoms with Crippen LogP contribution in [0, 0.1) is 0 Å². The zero-order valence-corrected chi connectivity index (χ0v) is 24.7.